The van der Waals surface area contributed by atoms with E-state index in [9.17, 15) is 9.59 Å². The molecule has 0 bridgehead atoms. The molecule has 4 rings (SSSR count). The number of methoxy groups -OCH3 is 1. The number of aromatic nitrogens is 2. The van der Waals surface area contributed by atoms with Crippen LogP contribution < -0.4 is 21.0 Å². The molecule has 0 saturated heterocycles. The van der Waals surface area contributed by atoms with Crippen LogP contribution in [0.5, 0.6) is 5.75 Å². The van der Waals surface area contributed by atoms with Gasteiger partial charge in [-0.1, -0.05) is 42.5 Å². The van der Waals surface area contributed by atoms with Crippen LogP contribution in [-0.4, -0.2) is 29.2 Å². The van der Waals surface area contributed by atoms with E-state index in [4.69, 9.17) is 4.74 Å². The molecule has 2 N–H and O–H groups in total. The maximum Gasteiger partial charge on any atom is 0.280 e. The Labute approximate surface area is 172 Å². The Morgan fingerprint density at radius 3 is 2.40 bits per heavy atom. The second kappa shape index (κ2) is 8.48. The highest BCUT2D eigenvalue weighted by molar-refractivity contribution is 5.93. The van der Waals surface area contributed by atoms with E-state index >= 15 is 0 Å². The van der Waals surface area contributed by atoms with Crippen LogP contribution in [-0.2, 0) is 4.79 Å². The summed E-state index contributed by atoms with van der Waals surface area (Å²) in [6.07, 6.45) is 0. The number of ether oxygens (including phenoxy) is 1. The number of benzene rings is 3. The van der Waals surface area contributed by atoms with E-state index in [1.165, 1.54) is 4.68 Å². The van der Waals surface area contributed by atoms with E-state index in [0.717, 1.165) is 5.56 Å². The number of carbonyl (C=O) groups excluding carboxylic acids is 1. The molecule has 0 aliphatic rings. The number of amides is 1. The number of carbonyl (C=O) groups is 1. The fourth-order valence-corrected chi connectivity index (χ4v) is 3.09. The standard InChI is InChI=1S/C23H20N4O3/c1-30-18-13-11-17(12-14-18)25-21(28)15-24-27-22(16-7-3-2-4-8-16)26-20-10-6-5-9-19(20)23(27)29/h2-14,24H,15H2,1H3,(H,25,28). The lowest BCUT2D eigenvalue weighted by Crippen LogP contribution is -2.36. The van der Waals surface area contributed by atoms with E-state index in [1.807, 2.05) is 36.4 Å². The van der Waals surface area contributed by atoms with Gasteiger partial charge in [0.05, 0.1) is 18.0 Å². The fraction of sp³-hybridized carbons (Fsp3) is 0.0870. The summed E-state index contributed by atoms with van der Waals surface area (Å²) >= 11 is 0. The monoisotopic (exact) mass is 400 g/mol. The van der Waals surface area contributed by atoms with Gasteiger partial charge in [0.1, 0.15) is 12.3 Å². The first-order chi connectivity index (χ1) is 14.7. The first-order valence-electron chi connectivity index (χ1n) is 9.41. The molecule has 30 heavy (non-hydrogen) atoms. The summed E-state index contributed by atoms with van der Waals surface area (Å²) in [4.78, 5) is 30.1. The Balaban J connectivity index is 1.61. The summed E-state index contributed by atoms with van der Waals surface area (Å²) in [6, 6.07) is 23.5. The van der Waals surface area contributed by atoms with Crippen LogP contribution in [0.15, 0.2) is 83.7 Å². The summed E-state index contributed by atoms with van der Waals surface area (Å²) in [7, 11) is 1.58. The highest BCUT2D eigenvalue weighted by Gasteiger charge is 2.13. The summed E-state index contributed by atoms with van der Waals surface area (Å²) in [5.41, 5.74) is 4.65. The predicted octanol–water partition coefficient (Wildman–Crippen LogP) is 3.25. The maximum atomic E-state index is 13.1. The van der Waals surface area contributed by atoms with Crippen LogP contribution in [0.25, 0.3) is 22.3 Å². The van der Waals surface area contributed by atoms with Gasteiger partial charge in [-0.05, 0) is 36.4 Å². The molecule has 0 aliphatic heterocycles. The van der Waals surface area contributed by atoms with E-state index in [0.29, 0.717) is 28.2 Å². The zero-order valence-electron chi connectivity index (χ0n) is 16.3. The third-order valence-electron chi connectivity index (χ3n) is 4.58. The molecule has 0 aliphatic carbocycles. The quantitative estimate of drug-likeness (QED) is 0.519. The molecular formula is C23H20N4O3. The first-order valence-corrected chi connectivity index (χ1v) is 9.41. The van der Waals surface area contributed by atoms with Gasteiger partial charge in [-0.25, -0.2) is 9.66 Å². The van der Waals surface area contributed by atoms with Crippen molar-refractivity contribution < 1.29 is 9.53 Å². The molecule has 0 unspecified atom stereocenters. The van der Waals surface area contributed by atoms with Gasteiger partial charge in [-0.3, -0.25) is 9.59 Å². The van der Waals surface area contributed by atoms with E-state index in [-0.39, 0.29) is 18.0 Å². The third-order valence-corrected chi connectivity index (χ3v) is 4.58. The molecule has 0 atom stereocenters. The zero-order chi connectivity index (χ0) is 20.9. The van der Waals surface area contributed by atoms with Gasteiger partial charge in [0.2, 0.25) is 5.91 Å². The van der Waals surface area contributed by atoms with E-state index in [1.54, 1.807) is 49.6 Å². The van der Waals surface area contributed by atoms with Crippen LogP contribution in [0.1, 0.15) is 0 Å². The van der Waals surface area contributed by atoms with Crippen molar-refractivity contribution in [2.75, 3.05) is 24.4 Å². The van der Waals surface area contributed by atoms with E-state index in [2.05, 4.69) is 15.7 Å². The number of rotatable bonds is 6. The second-order valence-electron chi connectivity index (χ2n) is 6.57. The summed E-state index contributed by atoms with van der Waals surface area (Å²) < 4.78 is 6.44. The normalized spacial score (nSPS) is 10.6. The minimum atomic E-state index is -0.292. The molecule has 0 fully saturated rings. The zero-order valence-corrected chi connectivity index (χ0v) is 16.3. The van der Waals surface area contributed by atoms with Gasteiger partial charge in [0.25, 0.3) is 5.56 Å². The van der Waals surface area contributed by atoms with Gasteiger partial charge in [0, 0.05) is 11.3 Å². The van der Waals surface area contributed by atoms with Crippen molar-refractivity contribution in [2.24, 2.45) is 0 Å². The van der Waals surface area contributed by atoms with E-state index < -0.39 is 0 Å². The summed E-state index contributed by atoms with van der Waals surface area (Å²) in [5.74, 6) is 0.850. The second-order valence-corrected chi connectivity index (χ2v) is 6.57. The van der Waals surface area contributed by atoms with Crippen molar-refractivity contribution in [3.05, 3.63) is 89.2 Å². The van der Waals surface area contributed by atoms with Crippen LogP contribution in [0, 0.1) is 0 Å². The topological polar surface area (TPSA) is 85.2 Å². The number of nitrogens with zero attached hydrogens (tertiary/aromatic N) is 2. The fourth-order valence-electron chi connectivity index (χ4n) is 3.09. The average molecular weight is 400 g/mol. The molecule has 1 amide bonds. The SMILES string of the molecule is COc1ccc(NC(=O)CNn2c(-c3ccccc3)nc3ccccc3c2=O)cc1. The van der Waals surface area contributed by atoms with Crippen LogP contribution in [0.4, 0.5) is 5.69 Å². The van der Waals surface area contributed by atoms with Gasteiger partial charge in [-0.15, -0.1) is 0 Å². The molecule has 7 heteroatoms. The predicted molar refractivity (Wildman–Crippen MR) is 117 cm³/mol. The molecule has 1 aromatic heterocycles. The number of hydrogen-bond donors (Lipinski definition) is 2. The van der Waals surface area contributed by atoms with Crippen molar-refractivity contribution >= 4 is 22.5 Å². The molecular weight excluding hydrogens is 380 g/mol. The van der Waals surface area contributed by atoms with Crippen molar-refractivity contribution in [1.29, 1.82) is 0 Å². The minimum Gasteiger partial charge on any atom is -0.497 e. The van der Waals surface area contributed by atoms with Crippen molar-refractivity contribution in [2.45, 2.75) is 0 Å². The highest BCUT2D eigenvalue weighted by atomic mass is 16.5. The lowest BCUT2D eigenvalue weighted by Gasteiger charge is -2.15. The molecule has 0 radical (unpaired) electrons. The first kappa shape index (κ1) is 19.2. The smallest absolute Gasteiger partial charge is 0.280 e. The third kappa shape index (κ3) is 4.00. The van der Waals surface area contributed by atoms with Crippen LogP contribution >= 0.6 is 0 Å². The Morgan fingerprint density at radius 1 is 0.967 bits per heavy atom. The molecule has 7 nitrogen and oxygen atoms in total. The summed E-state index contributed by atoms with van der Waals surface area (Å²) in [6.45, 7) is -0.105. The van der Waals surface area contributed by atoms with Gasteiger partial charge in [0.15, 0.2) is 5.82 Å². The van der Waals surface area contributed by atoms with Gasteiger partial charge >= 0.3 is 0 Å². The van der Waals surface area contributed by atoms with Gasteiger partial charge < -0.3 is 15.5 Å². The largest absolute Gasteiger partial charge is 0.497 e. The lowest BCUT2D eigenvalue weighted by molar-refractivity contribution is -0.114. The summed E-state index contributed by atoms with van der Waals surface area (Å²) in [5, 5.41) is 3.26. The number of fused-ring (bicyclic) bond motifs is 1. The Kier molecular flexibility index (Phi) is 5.43. The number of nitrogens with one attached hydrogen (secondary N) is 2. The molecule has 150 valence electrons. The Hall–Kier alpha value is -4.13. The van der Waals surface area contributed by atoms with Crippen LogP contribution in [0.2, 0.25) is 0 Å². The number of hydrogen-bond acceptors (Lipinski definition) is 5. The maximum absolute atomic E-state index is 13.1. The minimum absolute atomic E-state index is 0.105. The molecule has 4 aromatic rings. The Morgan fingerprint density at radius 2 is 1.67 bits per heavy atom. The molecule has 1 heterocycles. The molecule has 3 aromatic carbocycles. The molecule has 0 spiro atoms. The lowest BCUT2D eigenvalue weighted by atomic mass is 10.2. The molecule has 0 saturated carbocycles. The Bertz CT molecular complexity index is 1240. The number of para-hydroxylation sites is 1. The average Bonchev–Trinajstić information content (AvgIpc) is 2.79. The van der Waals surface area contributed by atoms with Crippen molar-refractivity contribution in [1.82, 2.24) is 9.66 Å². The van der Waals surface area contributed by atoms with Crippen molar-refractivity contribution in [3.63, 3.8) is 0 Å². The highest BCUT2D eigenvalue weighted by Crippen LogP contribution is 2.18. The van der Waals surface area contributed by atoms with Crippen molar-refractivity contribution in [3.8, 4) is 17.1 Å². The van der Waals surface area contributed by atoms with Gasteiger partial charge in [-0.2, -0.15) is 0 Å². The van der Waals surface area contributed by atoms with Crippen LogP contribution in [0.3, 0.4) is 0 Å². The number of anilines is 1.